The highest BCUT2D eigenvalue weighted by atomic mass is 35.5. The van der Waals surface area contributed by atoms with E-state index in [1.165, 1.54) is 33.1 Å². The van der Waals surface area contributed by atoms with Gasteiger partial charge in [0.05, 0.1) is 6.20 Å². The van der Waals surface area contributed by atoms with Crippen LogP contribution < -0.4 is 10.9 Å². The van der Waals surface area contributed by atoms with Gasteiger partial charge in [-0.1, -0.05) is 29.8 Å². The zero-order valence-electron chi connectivity index (χ0n) is 14.8. The number of carbonyl (C=O) groups is 1. The van der Waals surface area contributed by atoms with Crippen molar-refractivity contribution >= 4 is 45.0 Å². The minimum absolute atomic E-state index is 0.157. The summed E-state index contributed by atoms with van der Waals surface area (Å²) in [6.45, 7) is -0.157. The number of aryl methyl sites for hydroxylation is 1. The molecule has 0 saturated heterocycles. The summed E-state index contributed by atoms with van der Waals surface area (Å²) in [6.07, 6.45) is 5.13. The Morgan fingerprint density at radius 3 is 2.89 bits per heavy atom. The van der Waals surface area contributed by atoms with E-state index in [-0.39, 0.29) is 18.0 Å². The molecule has 4 rings (SSSR count). The average molecular weight is 415 g/mol. The van der Waals surface area contributed by atoms with Crippen LogP contribution in [0.2, 0.25) is 5.02 Å². The van der Waals surface area contributed by atoms with E-state index in [0.29, 0.717) is 27.6 Å². The largest absolute Gasteiger partial charge is 0.300 e. The molecule has 1 aromatic carbocycles. The van der Waals surface area contributed by atoms with Gasteiger partial charge in [0.25, 0.3) is 5.56 Å². The molecule has 0 bridgehead atoms. The van der Waals surface area contributed by atoms with Crippen LogP contribution in [0.15, 0.2) is 47.8 Å². The van der Waals surface area contributed by atoms with Gasteiger partial charge in [-0.15, -0.1) is 11.3 Å². The molecule has 0 aliphatic rings. The molecule has 0 radical (unpaired) electrons. The number of hydrogen-bond donors (Lipinski definition) is 1. The van der Waals surface area contributed by atoms with Crippen molar-refractivity contribution in [1.29, 1.82) is 0 Å². The third-order valence-electron chi connectivity index (χ3n) is 4.15. The van der Waals surface area contributed by atoms with Gasteiger partial charge in [-0.3, -0.25) is 18.8 Å². The maximum atomic E-state index is 12.4. The Bertz CT molecular complexity index is 1230. The summed E-state index contributed by atoms with van der Waals surface area (Å²) in [5, 5.41) is 8.26. The summed E-state index contributed by atoms with van der Waals surface area (Å²) in [5.41, 5.74) is 1.16. The highest BCUT2D eigenvalue weighted by Gasteiger charge is 2.13. The molecular weight excluding hydrogens is 400 g/mol. The van der Waals surface area contributed by atoms with Crippen molar-refractivity contribution in [2.24, 2.45) is 7.05 Å². The van der Waals surface area contributed by atoms with Crippen molar-refractivity contribution in [1.82, 2.24) is 24.3 Å². The highest BCUT2D eigenvalue weighted by Crippen LogP contribution is 2.24. The fraction of sp³-hybridized carbons (Fsp3) is 0.167. The van der Waals surface area contributed by atoms with Crippen LogP contribution in [0.3, 0.4) is 0 Å². The Morgan fingerprint density at radius 1 is 1.25 bits per heavy atom. The lowest BCUT2D eigenvalue weighted by atomic mass is 10.1. The molecule has 0 aliphatic heterocycles. The fourth-order valence-corrected chi connectivity index (χ4v) is 3.82. The summed E-state index contributed by atoms with van der Waals surface area (Å²) in [4.78, 5) is 34.1. The van der Waals surface area contributed by atoms with Crippen molar-refractivity contribution in [2.45, 2.75) is 13.0 Å². The van der Waals surface area contributed by atoms with Crippen LogP contribution in [0.4, 0.5) is 5.13 Å². The first kappa shape index (κ1) is 18.3. The van der Waals surface area contributed by atoms with Crippen molar-refractivity contribution < 1.29 is 4.79 Å². The van der Waals surface area contributed by atoms with Crippen molar-refractivity contribution in [3.63, 3.8) is 0 Å². The van der Waals surface area contributed by atoms with Crippen LogP contribution in [0.25, 0.3) is 11.0 Å². The van der Waals surface area contributed by atoms with Gasteiger partial charge < -0.3 is 5.32 Å². The molecule has 3 heterocycles. The first-order chi connectivity index (χ1) is 13.5. The predicted octanol–water partition coefficient (Wildman–Crippen LogP) is 2.47. The number of benzene rings is 1. The van der Waals surface area contributed by atoms with Crippen molar-refractivity contribution in [3.05, 3.63) is 68.8 Å². The lowest BCUT2D eigenvalue weighted by Gasteiger charge is -2.05. The molecule has 4 aromatic rings. The quantitative estimate of drug-likeness (QED) is 0.541. The first-order valence-corrected chi connectivity index (χ1v) is 9.56. The van der Waals surface area contributed by atoms with E-state index in [0.717, 1.165) is 10.4 Å². The maximum absolute atomic E-state index is 12.4. The molecular formula is C18H15ClN6O2S. The number of halogens is 1. The van der Waals surface area contributed by atoms with E-state index in [4.69, 9.17) is 11.6 Å². The second-order valence-corrected chi connectivity index (χ2v) is 7.65. The monoisotopic (exact) mass is 414 g/mol. The molecule has 1 amide bonds. The maximum Gasteiger partial charge on any atom is 0.264 e. The number of anilines is 1. The number of fused-ring (bicyclic) bond motifs is 1. The summed E-state index contributed by atoms with van der Waals surface area (Å²) >= 11 is 7.55. The Labute approximate surface area is 168 Å². The van der Waals surface area contributed by atoms with Gasteiger partial charge in [-0.2, -0.15) is 5.10 Å². The molecule has 8 nitrogen and oxygen atoms in total. The van der Waals surface area contributed by atoms with Crippen molar-refractivity contribution in [3.8, 4) is 0 Å². The molecule has 0 saturated carbocycles. The van der Waals surface area contributed by atoms with E-state index in [2.05, 4.69) is 20.4 Å². The van der Waals surface area contributed by atoms with Gasteiger partial charge in [-0.05, 0) is 11.6 Å². The number of nitrogens with zero attached hydrogens (tertiary/aromatic N) is 5. The topological polar surface area (TPSA) is 94.7 Å². The summed E-state index contributed by atoms with van der Waals surface area (Å²) in [5.74, 6) is -0.356. The molecule has 3 aromatic heterocycles. The molecule has 0 aliphatic carbocycles. The van der Waals surface area contributed by atoms with E-state index in [9.17, 15) is 9.59 Å². The Hall–Kier alpha value is -3.04. The molecule has 142 valence electrons. The normalized spacial score (nSPS) is 11.1. The molecule has 0 atom stereocenters. The molecule has 0 unspecified atom stereocenters. The third kappa shape index (κ3) is 3.67. The molecule has 10 heteroatoms. The number of carbonyl (C=O) groups excluding carboxylic acids is 1. The summed E-state index contributed by atoms with van der Waals surface area (Å²) in [6, 6.07) is 7.60. The predicted molar refractivity (Wildman–Crippen MR) is 108 cm³/mol. The number of rotatable bonds is 5. The van der Waals surface area contributed by atoms with Gasteiger partial charge in [0.1, 0.15) is 18.3 Å². The average Bonchev–Trinajstić information content (AvgIpc) is 3.26. The van der Waals surface area contributed by atoms with Gasteiger partial charge in [0, 0.05) is 29.6 Å². The van der Waals surface area contributed by atoms with Crippen LogP contribution >= 0.6 is 22.9 Å². The standard InChI is InChI=1S/C18H15ClN6O2S/c1-24-16-13(8-22-24)17(27)25(10-21-16)9-15(26)23-18-20-7-12(28-18)6-11-4-2-3-5-14(11)19/h2-5,7-8,10H,6,9H2,1H3,(H,20,23,26). The van der Waals surface area contributed by atoms with Gasteiger partial charge >= 0.3 is 0 Å². The summed E-state index contributed by atoms with van der Waals surface area (Å²) in [7, 11) is 1.70. The van der Waals surface area contributed by atoms with Crippen LogP contribution in [-0.4, -0.2) is 30.2 Å². The molecule has 0 fully saturated rings. The zero-order chi connectivity index (χ0) is 19.7. The lowest BCUT2D eigenvalue weighted by molar-refractivity contribution is -0.116. The minimum atomic E-state index is -0.356. The number of nitrogens with one attached hydrogen (secondary N) is 1. The van der Waals surface area contributed by atoms with E-state index >= 15 is 0 Å². The number of hydrogen-bond acceptors (Lipinski definition) is 6. The lowest BCUT2D eigenvalue weighted by Crippen LogP contribution is -2.27. The van der Waals surface area contributed by atoms with Crippen LogP contribution in [0.1, 0.15) is 10.4 Å². The van der Waals surface area contributed by atoms with Gasteiger partial charge in [0.2, 0.25) is 5.91 Å². The smallest absolute Gasteiger partial charge is 0.264 e. The minimum Gasteiger partial charge on any atom is -0.300 e. The first-order valence-electron chi connectivity index (χ1n) is 8.36. The number of amides is 1. The molecule has 1 N–H and O–H groups in total. The fourth-order valence-electron chi connectivity index (χ4n) is 2.77. The van der Waals surface area contributed by atoms with Gasteiger partial charge in [0.15, 0.2) is 10.8 Å². The molecule has 28 heavy (non-hydrogen) atoms. The van der Waals surface area contributed by atoms with Gasteiger partial charge in [-0.25, -0.2) is 9.97 Å². The van der Waals surface area contributed by atoms with Crippen LogP contribution in [-0.2, 0) is 24.8 Å². The number of aromatic nitrogens is 5. The van der Waals surface area contributed by atoms with Crippen LogP contribution in [0, 0.1) is 0 Å². The zero-order valence-corrected chi connectivity index (χ0v) is 16.4. The highest BCUT2D eigenvalue weighted by molar-refractivity contribution is 7.15. The Balaban J connectivity index is 1.45. The summed E-state index contributed by atoms with van der Waals surface area (Å²) < 4.78 is 2.76. The van der Waals surface area contributed by atoms with E-state index in [1.54, 1.807) is 13.2 Å². The third-order valence-corrected chi connectivity index (χ3v) is 5.44. The van der Waals surface area contributed by atoms with E-state index < -0.39 is 0 Å². The SMILES string of the molecule is Cn1ncc2c(=O)n(CC(=O)Nc3ncc(Cc4ccccc4Cl)s3)cnc21. The number of thiazole rings is 1. The Morgan fingerprint density at radius 2 is 2.07 bits per heavy atom. The molecule has 0 spiro atoms. The van der Waals surface area contributed by atoms with Crippen LogP contribution in [0.5, 0.6) is 0 Å². The Kier molecular flexibility index (Phi) is 4.93. The second-order valence-electron chi connectivity index (χ2n) is 6.13. The second kappa shape index (κ2) is 7.53. The van der Waals surface area contributed by atoms with E-state index in [1.807, 2.05) is 24.3 Å². The van der Waals surface area contributed by atoms with Crippen molar-refractivity contribution in [2.75, 3.05) is 5.32 Å².